The van der Waals surface area contributed by atoms with Gasteiger partial charge < -0.3 is 29.5 Å². The highest BCUT2D eigenvalue weighted by Crippen LogP contribution is 2.36. The van der Waals surface area contributed by atoms with Crippen molar-refractivity contribution in [2.45, 2.75) is 24.5 Å². The number of aromatic amines is 1. The number of hydrogen-bond donors (Lipinski definition) is 3. The number of H-pyrrole nitrogens is 1. The van der Waals surface area contributed by atoms with Gasteiger partial charge in [-0.2, -0.15) is 0 Å². The van der Waals surface area contributed by atoms with Gasteiger partial charge in [-0.05, 0) is 0 Å². The van der Waals surface area contributed by atoms with Crippen LogP contribution in [0.15, 0.2) is 9.59 Å². The highest BCUT2D eigenvalue weighted by molar-refractivity contribution is 5.71. The molecule has 0 aromatic carbocycles. The van der Waals surface area contributed by atoms with Crippen LogP contribution in [-0.4, -0.2) is 71.7 Å². The molecule has 4 atom stereocenters. The van der Waals surface area contributed by atoms with Crippen LogP contribution in [0.5, 0.6) is 0 Å². The number of rotatable bonds is 3. The second-order valence-electron chi connectivity index (χ2n) is 5.74. The zero-order valence-corrected chi connectivity index (χ0v) is 13.1. The van der Waals surface area contributed by atoms with E-state index in [4.69, 9.17) is 9.47 Å². The number of aromatic nitrogens is 2. The van der Waals surface area contributed by atoms with E-state index >= 15 is 0 Å². The fraction of sp³-hybridized carbons (Fsp3) is 0.692. The van der Waals surface area contributed by atoms with Gasteiger partial charge in [0.25, 0.3) is 5.56 Å². The Kier molecular flexibility index (Phi) is 3.92. The number of ether oxygens (including phenoxy) is 2. The first kappa shape index (κ1) is 16.0. The Hall–Kier alpha value is -1.88. The Bertz CT molecular complexity index is 715. The minimum atomic E-state index is -1.01. The average molecular weight is 328 g/mol. The van der Waals surface area contributed by atoms with Gasteiger partial charge in [0.05, 0.1) is 13.3 Å². The fourth-order valence-electron chi connectivity index (χ4n) is 3.21. The van der Waals surface area contributed by atoms with Crippen LogP contribution < -0.4 is 21.0 Å². The maximum atomic E-state index is 12.1. The molecule has 128 valence electrons. The van der Waals surface area contributed by atoms with Gasteiger partial charge >= 0.3 is 5.69 Å². The van der Waals surface area contributed by atoms with Crippen LogP contribution in [-0.2, 0) is 16.5 Å². The third kappa shape index (κ3) is 2.26. The zero-order valence-electron chi connectivity index (χ0n) is 13.1. The molecule has 10 heteroatoms. The molecule has 0 saturated carbocycles. The molecular weight excluding hydrogens is 308 g/mol. The molecule has 0 spiro atoms. The van der Waals surface area contributed by atoms with E-state index in [2.05, 4.69) is 4.98 Å². The number of anilines is 2. The number of methoxy groups -OCH3 is 1. The van der Waals surface area contributed by atoms with Gasteiger partial charge in [-0.1, -0.05) is 0 Å². The first-order chi connectivity index (χ1) is 10.9. The minimum Gasteiger partial charge on any atom is -0.394 e. The quantitative estimate of drug-likeness (QED) is 0.552. The molecule has 3 heterocycles. The highest BCUT2D eigenvalue weighted by Gasteiger charge is 2.49. The Labute approximate surface area is 131 Å². The fourth-order valence-corrected chi connectivity index (χ4v) is 3.21. The monoisotopic (exact) mass is 328 g/mol. The topological polar surface area (TPSA) is 120 Å². The highest BCUT2D eigenvalue weighted by atomic mass is 16.6. The maximum Gasteiger partial charge on any atom is 0.329 e. The van der Waals surface area contributed by atoms with Crippen LogP contribution in [0.2, 0.25) is 0 Å². The molecular formula is C13H20N4O6. The molecule has 10 nitrogen and oxygen atoms in total. The van der Waals surface area contributed by atoms with Crippen molar-refractivity contribution in [1.82, 2.24) is 9.55 Å². The summed E-state index contributed by atoms with van der Waals surface area (Å²) in [7, 11) is 4.69. The molecule has 0 amide bonds. The standard InChI is InChI=1S/C13H20N4O6/c1-15-5-17(11-7(15)10(20)14-13(21)16(11)2)12-9(22-3)8(19)6(4-18)23-12/h6,8-9,12,18-19H,4-5H2,1-3H3,(H,14,20,21)/t6-,8-,9-,12-/m1/s1. The van der Waals surface area contributed by atoms with E-state index < -0.39 is 35.8 Å². The van der Waals surface area contributed by atoms with Crippen LogP contribution >= 0.6 is 0 Å². The van der Waals surface area contributed by atoms with Gasteiger partial charge in [-0.3, -0.25) is 14.3 Å². The van der Waals surface area contributed by atoms with Crippen LogP contribution in [0.25, 0.3) is 0 Å². The molecule has 3 N–H and O–H groups in total. The van der Waals surface area contributed by atoms with Gasteiger partial charge in [0.15, 0.2) is 6.23 Å². The van der Waals surface area contributed by atoms with E-state index in [1.54, 1.807) is 23.9 Å². The Balaban J connectivity index is 2.08. The molecule has 1 aromatic rings. The van der Waals surface area contributed by atoms with E-state index in [9.17, 15) is 19.8 Å². The summed E-state index contributed by atoms with van der Waals surface area (Å²) in [6, 6.07) is 0. The van der Waals surface area contributed by atoms with Gasteiger partial charge in [-0.15, -0.1) is 0 Å². The molecule has 23 heavy (non-hydrogen) atoms. The Morgan fingerprint density at radius 2 is 2.09 bits per heavy atom. The van der Waals surface area contributed by atoms with Gasteiger partial charge in [0.2, 0.25) is 0 Å². The number of fused-ring (bicyclic) bond motifs is 1. The van der Waals surface area contributed by atoms with Gasteiger partial charge in [0.1, 0.15) is 29.8 Å². The number of aliphatic hydroxyl groups is 2. The van der Waals surface area contributed by atoms with Gasteiger partial charge in [-0.25, -0.2) is 4.79 Å². The van der Waals surface area contributed by atoms with Crippen molar-refractivity contribution in [3.8, 4) is 0 Å². The Morgan fingerprint density at radius 1 is 1.39 bits per heavy atom. The molecule has 0 bridgehead atoms. The van der Waals surface area contributed by atoms with Crippen LogP contribution in [0.1, 0.15) is 0 Å². The molecule has 0 radical (unpaired) electrons. The predicted molar refractivity (Wildman–Crippen MR) is 80.6 cm³/mol. The van der Waals surface area contributed by atoms with E-state index in [-0.39, 0.29) is 13.3 Å². The summed E-state index contributed by atoms with van der Waals surface area (Å²) >= 11 is 0. The van der Waals surface area contributed by atoms with Crippen molar-refractivity contribution in [3.63, 3.8) is 0 Å². The van der Waals surface area contributed by atoms with Crippen molar-refractivity contribution in [3.05, 3.63) is 20.8 Å². The third-order valence-corrected chi connectivity index (χ3v) is 4.36. The summed E-state index contributed by atoms with van der Waals surface area (Å²) in [4.78, 5) is 29.6. The van der Waals surface area contributed by atoms with Crippen molar-refractivity contribution < 1.29 is 19.7 Å². The van der Waals surface area contributed by atoms with Crippen LogP contribution in [0.3, 0.4) is 0 Å². The van der Waals surface area contributed by atoms with Crippen molar-refractivity contribution in [2.75, 3.05) is 37.2 Å². The molecule has 1 fully saturated rings. The first-order valence-electron chi connectivity index (χ1n) is 7.19. The lowest BCUT2D eigenvalue weighted by Gasteiger charge is -2.30. The number of hydrogen-bond acceptors (Lipinski definition) is 8. The first-order valence-corrected chi connectivity index (χ1v) is 7.19. The van der Waals surface area contributed by atoms with E-state index in [0.717, 1.165) is 0 Å². The molecule has 0 aliphatic carbocycles. The molecule has 2 aliphatic heterocycles. The Morgan fingerprint density at radius 3 is 2.70 bits per heavy atom. The second kappa shape index (κ2) is 5.64. The molecule has 1 saturated heterocycles. The second-order valence-corrected chi connectivity index (χ2v) is 5.74. The molecule has 2 aliphatic rings. The summed E-state index contributed by atoms with van der Waals surface area (Å²) in [5.41, 5.74) is -0.688. The van der Waals surface area contributed by atoms with Crippen LogP contribution in [0, 0.1) is 0 Å². The SMILES string of the molecule is CO[C@@H]1[C@H](O)[C@@H](CO)O[C@H]1N1CN(C)c2c1n(C)c(=O)[nH]c2=O. The van der Waals surface area contributed by atoms with Gasteiger partial charge in [0, 0.05) is 21.2 Å². The summed E-state index contributed by atoms with van der Waals surface area (Å²) in [6.45, 7) is -0.0759. The third-order valence-electron chi connectivity index (χ3n) is 4.36. The zero-order chi connectivity index (χ0) is 16.9. The summed E-state index contributed by atoms with van der Waals surface area (Å²) in [5, 5.41) is 19.5. The van der Waals surface area contributed by atoms with Crippen molar-refractivity contribution in [1.29, 1.82) is 0 Å². The van der Waals surface area contributed by atoms with E-state index in [0.29, 0.717) is 11.5 Å². The molecule has 0 unspecified atom stereocenters. The van der Waals surface area contributed by atoms with E-state index in [1.807, 2.05) is 0 Å². The van der Waals surface area contributed by atoms with Crippen molar-refractivity contribution >= 4 is 11.5 Å². The molecule has 1 aromatic heterocycles. The smallest absolute Gasteiger partial charge is 0.329 e. The average Bonchev–Trinajstić information content (AvgIpc) is 3.02. The summed E-state index contributed by atoms with van der Waals surface area (Å²) in [6.07, 6.45) is -3.26. The lowest BCUT2D eigenvalue weighted by atomic mass is 10.1. The normalized spacial score (nSPS) is 30.1. The lowest BCUT2D eigenvalue weighted by Crippen LogP contribution is -2.47. The lowest BCUT2D eigenvalue weighted by molar-refractivity contribution is -0.0227. The van der Waals surface area contributed by atoms with E-state index in [1.165, 1.54) is 11.7 Å². The maximum absolute atomic E-state index is 12.1. The number of aliphatic hydroxyl groups excluding tert-OH is 2. The predicted octanol–water partition coefficient (Wildman–Crippen LogP) is -2.62. The number of nitrogens with zero attached hydrogens (tertiary/aromatic N) is 3. The number of nitrogens with one attached hydrogen (secondary N) is 1. The minimum absolute atomic E-state index is 0.283. The van der Waals surface area contributed by atoms with Crippen LogP contribution in [0.4, 0.5) is 11.5 Å². The summed E-state index contributed by atoms with van der Waals surface area (Å²) < 4.78 is 12.3. The summed E-state index contributed by atoms with van der Waals surface area (Å²) in [5.74, 6) is 0.388. The largest absolute Gasteiger partial charge is 0.394 e. The molecule has 3 rings (SSSR count). The van der Waals surface area contributed by atoms with Crippen molar-refractivity contribution in [2.24, 2.45) is 7.05 Å².